The average Bonchev–Trinajstić information content (AvgIpc) is 3.26. The number of aryl methyl sites for hydroxylation is 2. The van der Waals surface area contributed by atoms with Crippen molar-refractivity contribution in [3.63, 3.8) is 0 Å². The van der Waals surface area contributed by atoms with Gasteiger partial charge in [0.1, 0.15) is 0 Å². The normalized spacial score (nSPS) is 11.3. The Kier molecular flexibility index (Phi) is 5.49. The Bertz CT molecular complexity index is 1240. The van der Waals surface area contributed by atoms with Crippen molar-refractivity contribution in [3.05, 3.63) is 57.4 Å². The summed E-state index contributed by atoms with van der Waals surface area (Å²) in [5, 5.41) is 24.5. The number of nitrogens with two attached hydrogens (primary N) is 1. The number of fused-ring (bicyclic) bond motifs is 2. The monoisotopic (exact) mass is 426 g/mol. The van der Waals surface area contributed by atoms with Crippen LogP contribution >= 0.6 is 0 Å². The van der Waals surface area contributed by atoms with E-state index in [-0.39, 0.29) is 17.2 Å². The molecule has 14 heteroatoms. The molecule has 4 aromatic heterocycles. The molecule has 0 aromatic carbocycles. The first-order valence-corrected chi connectivity index (χ1v) is 8.26. The lowest BCUT2D eigenvalue weighted by Crippen LogP contribution is -1.98. The molecular weight excluding hydrogens is 412 g/mol. The molecule has 0 saturated heterocycles. The van der Waals surface area contributed by atoms with E-state index in [2.05, 4.69) is 20.4 Å². The van der Waals surface area contributed by atoms with Gasteiger partial charge in [0.2, 0.25) is 11.6 Å². The van der Waals surface area contributed by atoms with Gasteiger partial charge >= 0.3 is 0 Å². The van der Waals surface area contributed by atoms with Crippen LogP contribution in [0.3, 0.4) is 0 Å². The molecule has 0 unspecified atom stereocenters. The Morgan fingerprint density at radius 2 is 1.37 bits per heavy atom. The third-order valence-electron chi connectivity index (χ3n) is 4.04. The summed E-state index contributed by atoms with van der Waals surface area (Å²) in [7, 11) is 0. The van der Waals surface area contributed by atoms with E-state index >= 15 is 0 Å². The highest BCUT2D eigenvalue weighted by atomic mass is 19.3. The highest BCUT2D eigenvalue weighted by Crippen LogP contribution is 2.23. The first-order chi connectivity index (χ1) is 14.1. The van der Waals surface area contributed by atoms with Gasteiger partial charge in [0, 0.05) is 23.5 Å². The van der Waals surface area contributed by atoms with Crippen molar-refractivity contribution in [2.75, 3.05) is 5.73 Å². The van der Waals surface area contributed by atoms with Crippen molar-refractivity contribution in [3.8, 4) is 0 Å². The molecule has 0 bridgehead atoms. The van der Waals surface area contributed by atoms with E-state index in [4.69, 9.17) is 5.73 Å². The van der Waals surface area contributed by atoms with Crippen LogP contribution in [0.15, 0.2) is 24.5 Å². The fraction of sp³-hybridized carbons (Fsp3) is 0.250. The van der Waals surface area contributed by atoms with Crippen LogP contribution in [-0.2, 0) is 0 Å². The van der Waals surface area contributed by atoms with E-state index in [0.717, 1.165) is 16.2 Å². The second-order valence-electron chi connectivity index (χ2n) is 6.20. The average molecular weight is 426 g/mol. The standard InChI is InChI=1S/C8H6F2N4O2.C8H8F2N4/c1-4-2-5(14(15)16)3-13-7(4)11-12-8(13)6(9)10;1-4-2-5(11)3-14-7(4)12-13-8(14)6(9)10/h2-3,6H,1H3;2-3,6H,11H2,1H3. The fourth-order valence-corrected chi connectivity index (χ4v) is 2.75. The molecule has 0 aliphatic rings. The lowest BCUT2D eigenvalue weighted by molar-refractivity contribution is -0.385. The number of nitrogen functional groups attached to an aromatic ring is 1. The van der Waals surface area contributed by atoms with Crippen molar-refractivity contribution in [1.29, 1.82) is 0 Å². The van der Waals surface area contributed by atoms with Crippen LogP contribution in [0.25, 0.3) is 11.3 Å². The highest BCUT2D eigenvalue weighted by Gasteiger charge is 2.20. The SMILES string of the molecule is Cc1cc(N)cn2c(C(F)F)nnc12.Cc1cc([N+](=O)[O-])cn2c(C(F)F)nnc12. The van der Waals surface area contributed by atoms with Crippen molar-refractivity contribution >= 4 is 22.7 Å². The van der Waals surface area contributed by atoms with E-state index < -0.39 is 23.6 Å². The molecule has 2 N–H and O–H groups in total. The van der Waals surface area contributed by atoms with E-state index in [9.17, 15) is 27.7 Å². The maximum atomic E-state index is 12.5. The van der Waals surface area contributed by atoms with Gasteiger partial charge in [-0.3, -0.25) is 18.9 Å². The second-order valence-corrected chi connectivity index (χ2v) is 6.20. The molecule has 0 aliphatic heterocycles. The first kappa shape index (κ1) is 20.9. The molecule has 0 fully saturated rings. The van der Waals surface area contributed by atoms with Gasteiger partial charge in [-0.25, -0.2) is 17.6 Å². The van der Waals surface area contributed by atoms with Gasteiger partial charge in [-0.2, -0.15) is 0 Å². The number of aromatic nitrogens is 6. The first-order valence-electron chi connectivity index (χ1n) is 8.26. The molecule has 158 valence electrons. The van der Waals surface area contributed by atoms with Gasteiger partial charge in [-0.15, -0.1) is 20.4 Å². The third-order valence-corrected chi connectivity index (χ3v) is 4.04. The number of hydrogen-bond acceptors (Lipinski definition) is 7. The minimum Gasteiger partial charge on any atom is -0.398 e. The Morgan fingerprint density at radius 1 is 0.900 bits per heavy atom. The van der Waals surface area contributed by atoms with Crippen molar-refractivity contribution in [2.24, 2.45) is 0 Å². The Hall–Kier alpha value is -3.84. The summed E-state index contributed by atoms with van der Waals surface area (Å²) >= 11 is 0. The second kappa shape index (κ2) is 7.88. The predicted octanol–water partition coefficient (Wildman–Crippen LogP) is 3.44. The van der Waals surface area contributed by atoms with Crippen LogP contribution < -0.4 is 5.73 Å². The summed E-state index contributed by atoms with van der Waals surface area (Å²) < 4.78 is 52.0. The number of anilines is 1. The molecule has 0 radical (unpaired) electrons. The van der Waals surface area contributed by atoms with Gasteiger partial charge in [-0.1, -0.05) is 0 Å². The number of nitrogens with zero attached hydrogens (tertiary/aromatic N) is 7. The minimum absolute atomic E-state index is 0.195. The maximum Gasteiger partial charge on any atom is 0.297 e. The van der Waals surface area contributed by atoms with Gasteiger partial charge in [-0.05, 0) is 25.5 Å². The minimum atomic E-state index is -2.82. The molecule has 0 saturated carbocycles. The van der Waals surface area contributed by atoms with Crippen molar-refractivity contribution < 1.29 is 22.5 Å². The molecule has 10 nitrogen and oxygen atoms in total. The zero-order chi connectivity index (χ0) is 22.2. The molecular formula is C16H14F4N8O2. The van der Waals surface area contributed by atoms with Gasteiger partial charge < -0.3 is 5.73 Å². The van der Waals surface area contributed by atoms with E-state index in [1.807, 2.05) is 0 Å². The molecule has 0 spiro atoms. The smallest absolute Gasteiger partial charge is 0.297 e. The summed E-state index contributed by atoms with van der Waals surface area (Å²) in [5.74, 6) is -0.975. The molecule has 4 rings (SSSR count). The third kappa shape index (κ3) is 3.83. The quantitative estimate of drug-likeness (QED) is 0.302. The van der Waals surface area contributed by atoms with Crippen LogP contribution in [0.2, 0.25) is 0 Å². The number of halogens is 4. The van der Waals surface area contributed by atoms with Crippen molar-refractivity contribution in [1.82, 2.24) is 29.2 Å². The summed E-state index contributed by atoms with van der Waals surface area (Å²) in [6.07, 6.45) is -3.09. The fourth-order valence-electron chi connectivity index (χ4n) is 2.75. The molecule has 0 amide bonds. The largest absolute Gasteiger partial charge is 0.398 e. The summed E-state index contributed by atoms with van der Waals surface area (Å²) in [5.41, 5.74) is 7.43. The number of rotatable bonds is 3. The van der Waals surface area contributed by atoms with Crippen LogP contribution in [0.4, 0.5) is 28.9 Å². The predicted molar refractivity (Wildman–Crippen MR) is 96.4 cm³/mol. The van der Waals surface area contributed by atoms with Crippen molar-refractivity contribution in [2.45, 2.75) is 26.7 Å². The maximum absolute atomic E-state index is 12.5. The Morgan fingerprint density at radius 3 is 1.83 bits per heavy atom. The van der Waals surface area contributed by atoms with Gasteiger partial charge in [0.15, 0.2) is 11.3 Å². The number of alkyl halides is 4. The topological polar surface area (TPSA) is 130 Å². The Balaban J connectivity index is 0.000000172. The number of hydrogen-bond donors (Lipinski definition) is 1. The van der Waals surface area contributed by atoms with Gasteiger partial charge in [0.05, 0.1) is 11.1 Å². The van der Waals surface area contributed by atoms with Crippen LogP contribution in [-0.4, -0.2) is 34.1 Å². The van der Waals surface area contributed by atoms with E-state index in [1.54, 1.807) is 19.9 Å². The molecule has 4 heterocycles. The lowest BCUT2D eigenvalue weighted by atomic mass is 10.3. The lowest BCUT2D eigenvalue weighted by Gasteiger charge is -2.01. The molecule has 0 aliphatic carbocycles. The highest BCUT2D eigenvalue weighted by molar-refractivity contribution is 5.54. The zero-order valence-electron chi connectivity index (χ0n) is 15.5. The molecule has 4 aromatic rings. The number of nitro groups is 1. The van der Waals surface area contributed by atoms with Crippen LogP contribution in [0.1, 0.15) is 35.6 Å². The summed E-state index contributed by atoms with van der Waals surface area (Å²) in [6.45, 7) is 3.29. The van der Waals surface area contributed by atoms with E-state index in [1.165, 1.54) is 16.7 Å². The van der Waals surface area contributed by atoms with Crippen LogP contribution in [0.5, 0.6) is 0 Å². The zero-order valence-corrected chi connectivity index (χ0v) is 15.5. The molecule has 0 atom stereocenters. The van der Waals surface area contributed by atoms with E-state index in [0.29, 0.717) is 16.9 Å². The van der Waals surface area contributed by atoms with Crippen LogP contribution in [0, 0.1) is 24.0 Å². The molecule has 30 heavy (non-hydrogen) atoms. The summed E-state index contributed by atoms with van der Waals surface area (Å²) in [4.78, 5) is 9.91. The number of pyridine rings is 2. The van der Waals surface area contributed by atoms with Gasteiger partial charge in [0.25, 0.3) is 18.5 Å². The summed E-state index contributed by atoms with van der Waals surface area (Å²) in [6, 6.07) is 2.93. The Labute approximate surface area is 165 Å².